The van der Waals surface area contributed by atoms with Crippen LogP contribution in [0.3, 0.4) is 0 Å². The Morgan fingerprint density at radius 2 is 1.74 bits per heavy atom. The Labute approximate surface area is 105 Å². The van der Waals surface area contributed by atoms with Crippen molar-refractivity contribution in [2.75, 3.05) is 0 Å². The molecule has 0 bridgehead atoms. The molecule has 100 valence electrons. The van der Waals surface area contributed by atoms with Crippen LogP contribution in [0.15, 0.2) is 36.5 Å². The van der Waals surface area contributed by atoms with Crippen molar-refractivity contribution in [2.45, 2.75) is 6.36 Å². The van der Waals surface area contributed by atoms with Gasteiger partial charge in [0.1, 0.15) is 17.2 Å². The fraction of sp³-hybridized carbons (Fsp3) is 0.0833. The van der Waals surface area contributed by atoms with Crippen molar-refractivity contribution < 1.29 is 27.4 Å². The number of benzene rings is 1. The van der Waals surface area contributed by atoms with Gasteiger partial charge in [-0.2, -0.15) is 0 Å². The van der Waals surface area contributed by atoms with Crippen LogP contribution in [-0.2, 0) is 0 Å². The monoisotopic (exact) mass is 273 g/mol. The fourth-order valence-electron chi connectivity index (χ4n) is 1.45. The molecule has 0 aliphatic carbocycles. The molecule has 2 aromatic rings. The van der Waals surface area contributed by atoms with Crippen molar-refractivity contribution >= 4 is 0 Å². The van der Waals surface area contributed by atoms with E-state index in [4.69, 9.17) is 5.11 Å². The number of halogens is 4. The van der Waals surface area contributed by atoms with Crippen LogP contribution in [0.25, 0.3) is 11.3 Å². The van der Waals surface area contributed by atoms with Crippen molar-refractivity contribution in [3.8, 4) is 22.8 Å². The average molecular weight is 273 g/mol. The minimum atomic E-state index is -4.77. The van der Waals surface area contributed by atoms with Crippen LogP contribution in [0, 0.1) is 5.82 Å². The van der Waals surface area contributed by atoms with Gasteiger partial charge in [0.2, 0.25) is 0 Å². The van der Waals surface area contributed by atoms with E-state index in [0.29, 0.717) is 0 Å². The molecule has 0 amide bonds. The summed E-state index contributed by atoms with van der Waals surface area (Å²) >= 11 is 0. The van der Waals surface area contributed by atoms with Gasteiger partial charge in [-0.05, 0) is 24.3 Å². The first-order valence-corrected chi connectivity index (χ1v) is 5.06. The molecule has 1 N–H and O–H groups in total. The summed E-state index contributed by atoms with van der Waals surface area (Å²) in [6.07, 6.45) is -3.73. The van der Waals surface area contributed by atoms with Gasteiger partial charge in [0.25, 0.3) is 0 Å². The van der Waals surface area contributed by atoms with Crippen LogP contribution in [0.4, 0.5) is 17.6 Å². The minimum absolute atomic E-state index is 0.0728. The van der Waals surface area contributed by atoms with Gasteiger partial charge in [-0.15, -0.1) is 13.2 Å². The van der Waals surface area contributed by atoms with Crippen LogP contribution < -0.4 is 4.74 Å². The summed E-state index contributed by atoms with van der Waals surface area (Å²) in [6.45, 7) is 0. The Bertz CT molecular complexity index is 581. The van der Waals surface area contributed by atoms with E-state index in [-0.39, 0.29) is 17.0 Å². The molecule has 0 radical (unpaired) electrons. The smallest absolute Gasteiger partial charge is 0.506 e. The maximum absolute atomic E-state index is 13.5. The van der Waals surface area contributed by atoms with E-state index in [0.717, 1.165) is 24.4 Å². The normalized spacial score (nSPS) is 11.4. The molecular formula is C12H7F4NO2. The first-order valence-electron chi connectivity index (χ1n) is 5.06. The zero-order valence-electron chi connectivity index (χ0n) is 9.28. The lowest BCUT2D eigenvalue weighted by molar-refractivity contribution is -0.274. The second kappa shape index (κ2) is 4.75. The number of hydrogen-bond acceptors (Lipinski definition) is 3. The topological polar surface area (TPSA) is 42.4 Å². The first-order chi connectivity index (χ1) is 8.85. The molecule has 3 nitrogen and oxygen atoms in total. The van der Waals surface area contributed by atoms with Crippen molar-refractivity contribution in [3.63, 3.8) is 0 Å². The van der Waals surface area contributed by atoms with Gasteiger partial charge in [-0.1, -0.05) is 0 Å². The molecule has 1 aromatic carbocycles. The lowest BCUT2D eigenvalue weighted by atomic mass is 10.1. The Balaban J connectivity index is 2.27. The number of alkyl halides is 3. The van der Waals surface area contributed by atoms with Crippen LogP contribution in [0.1, 0.15) is 0 Å². The minimum Gasteiger partial charge on any atom is -0.506 e. The molecule has 0 unspecified atom stereocenters. The summed E-state index contributed by atoms with van der Waals surface area (Å²) in [7, 11) is 0. The van der Waals surface area contributed by atoms with Gasteiger partial charge in [-0.3, -0.25) is 0 Å². The van der Waals surface area contributed by atoms with Crippen LogP contribution in [0.2, 0.25) is 0 Å². The highest BCUT2D eigenvalue weighted by Crippen LogP contribution is 2.27. The van der Waals surface area contributed by atoms with Crippen LogP contribution >= 0.6 is 0 Å². The number of pyridine rings is 1. The molecule has 0 aliphatic rings. The molecule has 19 heavy (non-hydrogen) atoms. The molecule has 0 fully saturated rings. The molecule has 0 aliphatic heterocycles. The Morgan fingerprint density at radius 1 is 1.11 bits per heavy atom. The highest BCUT2D eigenvalue weighted by Gasteiger charge is 2.31. The highest BCUT2D eigenvalue weighted by molar-refractivity contribution is 5.61. The average Bonchev–Trinajstić information content (AvgIpc) is 2.28. The van der Waals surface area contributed by atoms with Crippen LogP contribution in [0.5, 0.6) is 11.5 Å². The van der Waals surface area contributed by atoms with E-state index in [1.807, 2.05) is 0 Å². The summed E-state index contributed by atoms with van der Waals surface area (Å²) in [4.78, 5) is 3.66. The zero-order valence-corrected chi connectivity index (χ0v) is 9.28. The summed E-state index contributed by atoms with van der Waals surface area (Å²) in [5, 5.41) is 9.01. The Kier molecular flexibility index (Phi) is 3.28. The standard InChI is InChI=1S/C12H7F4NO2/c13-10-5-8(18)6-17-11(10)7-1-3-9(4-2-7)19-12(14,15)16/h1-6,18H. The summed E-state index contributed by atoms with van der Waals surface area (Å²) < 4.78 is 53.0. The van der Waals surface area contributed by atoms with Crippen molar-refractivity contribution in [3.05, 3.63) is 42.3 Å². The van der Waals surface area contributed by atoms with Gasteiger partial charge in [0.15, 0.2) is 5.82 Å². The number of aromatic nitrogens is 1. The predicted molar refractivity (Wildman–Crippen MR) is 58.0 cm³/mol. The second-order valence-corrected chi connectivity index (χ2v) is 3.60. The number of nitrogens with zero attached hydrogens (tertiary/aromatic N) is 1. The molecular weight excluding hydrogens is 266 g/mol. The molecule has 0 spiro atoms. The lowest BCUT2D eigenvalue weighted by Gasteiger charge is -2.09. The molecule has 0 saturated carbocycles. The largest absolute Gasteiger partial charge is 0.573 e. The van der Waals surface area contributed by atoms with Gasteiger partial charge < -0.3 is 9.84 Å². The van der Waals surface area contributed by atoms with E-state index in [1.54, 1.807) is 0 Å². The molecule has 1 aromatic heterocycles. The number of ether oxygens (including phenoxy) is 1. The Morgan fingerprint density at radius 3 is 2.26 bits per heavy atom. The quantitative estimate of drug-likeness (QED) is 0.851. The third kappa shape index (κ3) is 3.34. The summed E-state index contributed by atoms with van der Waals surface area (Å²) in [5.74, 6) is -1.52. The molecule has 0 atom stereocenters. The third-order valence-electron chi connectivity index (χ3n) is 2.19. The number of rotatable bonds is 2. The van der Waals surface area contributed by atoms with Gasteiger partial charge in [0, 0.05) is 11.6 Å². The van der Waals surface area contributed by atoms with E-state index in [9.17, 15) is 17.6 Å². The van der Waals surface area contributed by atoms with Crippen molar-refractivity contribution in [2.24, 2.45) is 0 Å². The SMILES string of the molecule is Oc1cnc(-c2ccc(OC(F)(F)F)cc2)c(F)c1. The fourth-order valence-corrected chi connectivity index (χ4v) is 1.45. The maximum atomic E-state index is 13.5. The molecule has 1 heterocycles. The number of aromatic hydroxyl groups is 1. The van der Waals surface area contributed by atoms with Gasteiger partial charge >= 0.3 is 6.36 Å². The van der Waals surface area contributed by atoms with Crippen molar-refractivity contribution in [1.82, 2.24) is 4.98 Å². The molecule has 7 heteroatoms. The second-order valence-electron chi connectivity index (χ2n) is 3.60. The Hall–Kier alpha value is -2.31. The summed E-state index contributed by atoms with van der Waals surface area (Å²) in [5.41, 5.74) is 0.198. The summed E-state index contributed by atoms with van der Waals surface area (Å²) in [6, 6.07) is 5.45. The van der Waals surface area contributed by atoms with E-state index in [2.05, 4.69) is 9.72 Å². The van der Waals surface area contributed by atoms with Crippen molar-refractivity contribution in [1.29, 1.82) is 0 Å². The zero-order chi connectivity index (χ0) is 14.0. The predicted octanol–water partition coefficient (Wildman–Crippen LogP) is 3.49. The lowest BCUT2D eigenvalue weighted by Crippen LogP contribution is -2.16. The van der Waals surface area contributed by atoms with Gasteiger partial charge in [-0.25, -0.2) is 9.37 Å². The number of hydrogen-bond donors (Lipinski definition) is 1. The van der Waals surface area contributed by atoms with E-state index in [1.165, 1.54) is 12.1 Å². The third-order valence-corrected chi connectivity index (χ3v) is 2.19. The van der Waals surface area contributed by atoms with Gasteiger partial charge in [0.05, 0.1) is 6.20 Å². The van der Waals surface area contributed by atoms with E-state index >= 15 is 0 Å². The highest BCUT2D eigenvalue weighted by atomic mass is 19.4. The van der Waals surface area contributed by atoms with E-state index < -0.39 is 17.9 Å². The van der Waals surface area contributed by atoms with Crippen LogP contribution in [-0.4, -0.2) is 16.5 Å². The molecule has 2 rings (SSSR count). The maximum Gasteiger partial charge on any atom is 0.573 e. The first kappa shape index (κ1) is 13.1. The molecule has 0 saturated heterocycles.